The Balaban J connectivity index is 1.52. The van der Waals surface area contributed by atoms with Gasteiger partial charge in [-0.05, 0) is 79.8 Å². The van der Waals surface area contributed by atoms with Gasteiger partial charge in [0.2, 0.25) is 0 Å². The lowest BCUT2D eigenvalue weighted by Crippen LogP contribution is -2.49. The second-order valence-corrected chi connectivity index (χ2v) is 11.2. The van der Waals surface area contributed by atoms with Crippen LogP contribution in [0.3, 0.4) is 0 Å². The summed E-state index contributed by atoms with van der Waals surface area (Å²) in [4.78, 5) is 30.2. The third-order valence-electron chi connectivity index (χ3n) is 8.67. The molecule has 0 saturated carbocycles. The van der Waals surface area contributed by atoms with Gasteiger partial charge in [-0.25, -0.2) is 10.6 Å². The van der Waals surface area contributed by atoms with Gasteiger partial charge in [0.1, 0.15) is 0 Å². The Morgan fingerprint density at radius 2 is 1.85 bits per heavy atom. The van der Waals surface area contributed by atoms with E-state index in [1.165, 1.54) is 5.56 Å². The van der Waals surface area contributed by atoms with Crippen LogP contribution < -0.4 is 16.6 Å². The standard InChI is InChI=1S/C31H43N5O4/c1-3-39-29(37)19-27-23-7-6-22-10-14-35(20-24(22)18-23)31(38)34-15-11-25(12-16-34)40-17-5-4-13-36(33)28-9-8-26(27)21(2)30(28)32/h6-9,18,25,27H,3-5,10-17,19-20,32-33H2,1-2H3. The maximum Gasteiger partial charge on any atom is 0.320 e. The number of nitrogen functional groups attached to an aromatic ring is 1. The maximum absolute atomic E-state index is 13.5. The number of nitrogens with two attached hydrogens (primary N) is 2. The first-order chi connectivity index (χ1) is 19.4. The van der Waals surface area contributed by atoms with E-state index in [4.69, 9.17) is 21.1 Å². The van der Waals surface area contributed by atoms with Crippen molar-refractivity contribution in [3.05, 3.63) is 58.1 Å². The molecular weight excluding hydrogens is 506 g/mol. The van der Waals surface area contributed by atoms with Gasteiger partial charge < -0.3 is 30.0 Å². The molecule has 4 N–H and O–H groups in total. The molecule has 7 bridgehead atoms. The van der Waals surface area contributed by atoms with Gasteiger partial charge in [-0.2, -0.15) is 0 Å². The number of carbonyl (C=O) groups is 2. The van der Waals surface area contributed by atoms with Crippen molar-refractivity contribution in [3.8, 4) is 0 Å². The Morgan fingerprint density at radius 1 is 1.05 bits per heavy atom. The SMILES string of the molecule is CCOC(=O)CC1c2ccc3c(c2)CN(CC3)C(=O)N2CCC(CC2)OCCCCN(N)c2ccc1c(C)c2N. The molecule has 1 fully saturated rings. The first kappa shape index (κ1) is 28.2. The fourth-order valence-electron chi connectivity index (χ4n) is 6.28. The smallest absolute Gasteiger partial charge is 0.320 e. The maximum atomic E-state index is 13.5. The summed E-state index contributed by atoms with van der Waals surface area (Å²) >= 11 is 0. The molecule has 6 heterocycles. The van der Waals surface area contributed by atoms with Crippen LogP contribution >= 0.6 is 0 Å². The number of carbonyl (C=O) groups excluding carboxylic acids is 2. The fourth-order valence-corrected chi connectivity index (χ4v) is 6.28. The van der Waals surface area contributed by atoms with E-state index in [1.54, 1.807) is 5.01 Å². The molecule has 0 aliphatic carbocycles. The summed E-state index contributed by atoms with van der Waals surface area (Å²) in [6.07, 6.45) is 4.72. The summed E-state index contributed by atoms with van der Waals surface area (Å²) < 4.78 is 11.5. The summed E-state index contributed by atoms with van der Waals surface area (Å²) in [6, 6.07) is 10.5. The molecule has 9 heteroatoms. The number of hydrazine groups is 1. The lowest BCUT2D eigenvalue weighted by molar-refractivity contribution is -0.143. The first-order valence-corrected chi connectivity index (χ1v) is 14.7. The Bertz CT molecular complexity index is 1230. The largest absolute Gasteiger partial charge is 0.466 e. The number of amides is 2. The average molecular weight is 550 g/mol. The second kappa shape index (κ2) is 12.5. The minimum Gasteiger partial charge on any atom is -0.466 e. The van der Waals surface area contributed by atoms with Crippen LogP contribution in [0, 0.1) is 6.92 Å². The summed E-state index contributed by atoms with van der Waals surface area (Å²) in [5.41, 5.74) is 13.4. The van der Waals surface area contributed by atoms with E-state index in [-0.39, 0.29) is 30.4 Å². The molecule has 9 nitrogen and oxygen atoms in total. The molecule has 6 aliphatic heterocycles. The van der Waals surface area contributed by atoms with E-state index in [2.05, 4.69) is 18.2 Å². The number of anilines is 2. The van der Waals surface area contributed by atoms with E-state index in [0.717, 1.165) is 73.1 Å². The van der Waals surface area contributed by atoms with Gasteiger partial charge in [0.15, 0.2) is 0 Å². The van der Waals surface area contributed by atoms with Crippen LogP contribution in [0.15, 0.2) is 30.3 Å². The molecule has 40 heavy (non-hydrogen) atoms. The highest BCUT2D eigenvalue weighted by molar-refractivity contribution is 5.76. The lowest BCUT2D eigenvalue weighted by atomic mass is 9.83. The summed E-state index contributed by atoms with van der Waals surface area (Å²) in [5, 5.41) is 1.71. The third kappa shape index (κ3) is 6.05. The molecule has 1 unspecified atom stereocenters. The quantitative estimate of drug-likeness (QED) is 0.337. The van der Waals surface area contributed by atoms with Gasteiger partial charge in [-0.3, -0.25) is 4.79 Å². The van der Waals surface area contributed by atoms with E-state index >= 15 is 0 Å². The number of esters is 1. The number of ether oxygens (including phenoxy) is 2. The van der Waals surface area contributed by atoms with Gasteiger partial charge in [0.25, 0.3) is 0 Å². The van der Waals surface area contributed by atoms with Crippen molar-refractivity contribution in [2.24, 2.45) is 5.84 Å². The van der Waals surface area contributed by atoms with Crippen LogP contribution in [-0.4, -0.2) is 67.3 Å². The van der Waals surface area contributed by atoms with E-state index in [1.807, 2.05) is 35.8 Å². The minimum atomic E-state index is -0.249. The zero-order valence-electron chi connectivity index (χ0n) is 23.9. The van der Waals surface area contributed by atoms with Crippen molar-refractivity contribution in [1.29, 1.82) is 0 Å². The number of rotatable bonds is 3. The molecular formula is C31H43N5O4. The predicted molar refractivity (Wildman–Crippen MR) is 156 cm³/mol. The summed E-state index contributed by atoms with van der Waals surface area (Å²) in [5.74, 6) is 5.97. The number of nitrogens with zero attached hydrogens (tertiary/aromatic N) is 3. The molecule has 2 aromatic carbocycles. The number of hydrogen-bond acceptors (Lipinski definition) is 7. The normalized spacial score (nSPS) is 22.0. The molecule has 6 aliphatic rings. The zero-order valence-corrected chi connectivity index (χ0v) is 23.9. The average Bonchev–Trinajstić information content (AvgIpc) is 2.96. The molecule has 0 spiro atoms. The minimum absolute atomic E-state index is 0.103. The molecule has 8 rings (SSSR count). The van der Waals surface area contributed by atoms with Gasteiger partial charge in [0.05, 0.1) is 30.5 Å². The zero-order chi connectivity index (χ0) is 28.2. The van der Waals surface area contributed by atoms with Gasteiger partial charge in [0, 0.05) is 45.2 Å². The van der Waals surface area contributed by atoms with Crippen molar-refractivity contribution < 1.29 is 19.1 Å². The van der Waals surface area contributed by atoms with E-state index in [9.17, 15) is 9.59 Å². The number of urea groups is 1. The van der Waals surface area contributed by atoms with E-state index in [0.29, 0.717) is 38.5 Å². The van der Waals surface area contributed by atoms with Crippen LogP contribution in [0.2, 0.25) is 0 Å². The lowest BCUT2D eigenvalue weighted by Gasteiger charge is -2.37. The van der Waals surface area contributed by atoms with Crippen molar-refractivity contribution in [2.45, 2.75) is 70.9 Å². The van der Waals surface area contributed by atoms with Crippen LogP contribution in [0.25, 0.3) is 0 Å². The monoisotopic (exact) mass is 549 g/mol. The number of piperidine rings is 1. The predicted octanol–water partition coefficient (Wildman–Crippen LogP) is 4.10. The molecule has 1 atom stereocenters. The van der Waals surface area contributed by atoms with Gasteiger partial charge >= 0.3 is 12.0 Å². The van der Waals surface area contributed by atoms with Gasteiger partial charge in [-0.15, -0.1) is 0 Å². The molecule has 2 aromatic rings. The van der Waals surface area contributed by atoms with Crippen molar-refractivity contribution in [2.75, 3.05) is 50.1 Å². The van der Waals surface area contributed by atoms with Crippen LogP contribution in [0.5, 0.6) is 0 Å². The summed E-state index contributed by atoms with van der Waals surface area (Å²) in [7, 11) is 0. The first-order valence-electron chi connectivity index (χ1n) is 14.7. The number of hydrogen-bond donors (Lipinski definition) is 2. The molecule has 1 saturated heterocycles. The molecule has 0 radical (unpaired) electrons. The summed E-state index contributed by atoms with van der Waals surface area (Å²) in [6.45, 7) is 8.19. The molecule has 0 aromatic heterocycles. The molecule has 2 amide bonds. The van der Waals surface area contributed by atoms with Crippen molar-refractivity contribution in [1.82, 2.24) is 9.80 Å². The Morgan fingerprint density at radius 3 is 2.62 bits per heavy atom. The highest BCUT2D eigenvalue weighted by atomic mass is 16.5. The topological polar surface area (TPSA) is 114 Å². The van der Waals surface area contributed by atoms with Gasteiger partial charge in [-0.1, -0.05) is 24.3 Å². The third-order valence-corrected chi connectivity index (χ3v) is 8.67. The Labute approximate surface area is 237 Å². The van der Waals surface area contributed by atoms with Crippen LogP contribution in [0.1, 0.15) is 72.8 Å². The van der Waals surface area contributed by atoms with Crippen molar-refractivity contribution >= 4 is 23.4 Å². The highest BCUT2D eigenvalue weighted by Gasteiger charge is 2.30. The number of benzene rings is 2. The highest BCUT2D eigenvalue weighted by Crippen LogP contribution is 2.38. The van der Waals surface area contributed by atoms with E-state index < -0.39 is 0 Å². The second-order valence-electron chi connectivity index (χ2n) is 11.2. The fraction of sp³-hybridized carbons (Fsp3) is 0.548. The Hall–Kier alpha value is -3.30. The van der Waals surface area contributed by atoms with Crippen molar-refractivity contribution in [3.63, 3.8) is 0 Å². The molecule has 216 valence electrons. The van der Waals surface area contributed by atoms with Crippen LogP contribution in [0.4, 0.5) is 16.2 Å². The Kier molecular flexibility index (Phi) is 8.81. The van der Waals surface area contributed by atoms with Crippen LogP contribution in [-0.2, 0) is 27.2 Å².